The summed E-state index contributed by atoms with van der Waals surface area (Å²) < 4.78 is 4.53. The zero-order chi connectivity index (χ0) is 12.8. The Morgan fingerprint density at radius 1 is 1.41 bits per heavy atom. The maximum absolute atomic E-state index is 11.6. The van der Waals surface area contributed by atoms with Crippen molar-refractivity contribution < 1.29 is 14.3 Å². The van der Waals surface area contributed by atoms with E-state index >= 15 is 0 Å². The van der Waals surface area contributed by atoms with E-state index in [1.165, 1.54) is 7.11 Å². The van der Waals surface area contributed by atoms with Crippen LogP contribution in [0.1, 0.15) is 18.1 Å². The summed E-state index contributed by atoms with van der Waals surface area (Å²) in [7, 11) is 1.30. The minimum Gasteiger partial charge on any atom is -0.467 e. The predicted octanol–water partition coefficient (Wildman–Crippen LogP) is 1.22. The van der Waals surface area contributed by atoms with E-state index in [1.807, 2.05) is 31.2 Å². The van der Waals surface area contributed by atoms with Crippen LogP contribution in [0.4, 0.5) is 0 Å². The lowest BCUT2D eigenvalue weighted by molar-refractivity contribution is -0.144. The lowest BCUT2D eigenvalue weighted by Crippen LogP contribution is -2.39. The van der Waals surface area contributed by atoms with E-state index in [0.717, 1.165) is 11.1 Å². The van der Waals surface area contributed by atoms with Crippen LogP contribution < -0.4 is 5.32 Å². The highest BCUT2D eigenvalue weighted by Gasteiger charge is 2.15. The van der Waals surface area contributed by atoms with Crippen LogP contribution in [-0.4, -0.2) is 25.0 Å². The number of hydrogen-bond acceptors (Lipinski definition) is 3. The van der Waals surface area contributed by atoms with E-state index in [1.54, 1.807) is 6.92 Å². The number of carbonyl (C=O) groups excluding carboxylic acids is 2. The van der Waals surface area contributed by atoms with Gasteiger partial charge in [-0.1, -0.05) is 29.8 Å². The number of methoxy groups -OCH3 is 1. The predicted molar refractivity (Wildman–Crippen MR) is 64.5 cm³/mol. The molecule has 1 aromatic carbocycles. The largest absolute Gasteiger partial charge is 0.467 e. The summed E-state index contributed by atoms with van der Waals surface area (Å²) in [5.41, 5.74) is 2.04. The van der Waals surface area contributed by atoms with Crippen molar-refractivity contribution in [3.05, 3.63) is 35.4 Å². The molecule has 1 amide bonds. The van der Waals surface area contributed by atoms with Crippen molar-refractivity contribution in [2.45, 2.75) is 26.3 Å². The van der Waals surface area contributed by atoms with Gasteiger partial charge in [0.05, 0.1) is 13.5 Å². The van der Waals surface area contributed by atoms with Gasteiger partial charge in [-0.05, 0) is 19.4 Å². The Kier molecular flexibility index (Phi) is 4.69. The van der Waals surface area contributed by atoms with Crippen molar-refractivity contribution in [3.8, 4) is 0 Å². The maximum Gasteiger partial charge on any atom is 0.328 e. The maximum atomic E-state index is 11.6. The first-order valence-corrected chi connectivity index (χ1v) is 5.45. The van der Waals surface area contributed by atoms with E-state index in [0.29, 0.717) is 0 Å². The van der Waals surface area contributed by atoms with E-state index in [-0.39, 0.29) is 12.3 Å². The number of amides is 1. The fourth-order valence-corrected chi connectivity index (χ4v) is 1.54. The molecule has 0 saturated heterocycles. The molecule has 92 valence electrons. The average Bonchev–Trinajstić information content (AvgIpc) is 2.27. The van der Waals surface area contributed by atoms with Gasteiger partial charge in [0.2, 0.25) is 5.91 Å². The summed E-state index contributed by atoms with van der Waals surface area (Å²) in [5.74, 6) is -0.629. The normalized spacial score (nSPS) is 11.7. The molecule has 4 nitrogen and oxygen atoms in total. The van der Waals surface area contributed by atoms with Crippen LogP contribution >= 0.6 is 0 Å². The Morgan fingerprint density at radius 3 is 2.71 bits per heavy atom. The number of aryl methyl sites for hydroxylation is 1. The minimum atomic E-state index is -0.614. The molecular weight excluding hydrogens is 218 g/mol. The van der Waals surface area contributed by atoms with Gasteiger partial charge < -0.3 is 10.1 Å². The molecule has 1 aromatic rings. The van der Waals surface area contributed by atoms with E-state index < -0.39 is 12.0 Å². The number of ether oxygens (including phenoxy) is 1. The van der Waals surface area contributed by atoms with Gasteiger partial charge in [0.15, 0.2) is 0 Å². The molecular formula is C13H17NO3. The Labute approximate surface area is 101 Å². The summed E-state index contributed by atoms with van der Waals surface area (Å²) in [5, 5.41) is 2.59. The first-order chi connectivity index (χ1) is 8.02. The van der Waals surface area contributed by atoms with Crippen molar-refractivity contribution in [1.29, 1.82) is 0 Å². The van der Waals surface area contributed by atoms with Crippen LogP contribution in [0.15, 0.2) is 24.3 Å². The standard InChI is InChI=1S/C13H17NO3/c1-9-5-4-6-11(7-9)8-12(15)14-10(2)13(16)17-3/h4-7,10H,8H2,1-3H3,(H,14,15). The number of benzene rings is 1. The monoisotopic (exact) mass is 235 g/mol. The fraction of sp³-hybridized carbons (Fsp3) is 0.385. The molecule has 0 saturated carbocycles. The van der Waals surface area contributed by atoms with Gasteiger partial charge in [-0.15, -0.1) is 0 Å². The summed E-state index contributed by atoms with van der Waals surface area (Å²) in [6, 6.07) is 7.09. The zero-order valence-electron chi connectivity index (χ0n) is 10.3. The van der Waals surface area contributed by atoms with Gasteiger partial charge in [0.25, 0.3) is 0 Å². The van der Waals surface area contributed by atoms with Gasteiger partial charge in [0, 0.05) is 0 Å². The summed E-state index contributed by atoms with van der Waals surface area (Å²) in [6.07, 6.45) is 0.267. The third kappa shape index (κ3) is 4.26. The topological polar surface area (TPSA) is 55.4 Å². The molecule has 1 rings (SSSR count). The molecule has 0 radical (unpaired) electrons. The van der Waals surface area contributed by atoms with Gasteiger partial charge in [-0.25, -0.2) is 4.79 Å². The average molecular weight is 235 g/mol. The van der Waals surface area contributed by atoms with Gasteiger partial charge >= 0.3 is 5.97 Å². The minimum absolute atomic E-state index is 0.187. The highest BCUT2D eigenvalue weighted by atomic mass is 16.5. The van der Waals surface area contributed by atoms with Gasteiger partial charge in [-0.2, -0.15) is 0 Å². The van der Waals surface area contributed by atoms with E-state index in [4.69, 9.17) is 0 Å². The van der Waals surface area contributed by atoms with E-state index in [9.17, 15) is 9.59 Å². The van der Waals surface area contributed by atoms with Crippen LogP contribution in [0.3, 0.4) is 0 Å². The molecule has 0 bridgehead atoms. The van der Waals surface area contributed by atoms with Crippen LogP contribution in [0.5, 0.6) is 0 Å². The Balaban J connectivity index is 2.53. The summed E-state index contributed by atoms with van der Waals surface area (Å²) in [6.45, 7) is 3.57. The molecule has 17 heavy (non-hydrogen) atoms. The Morgan fingerprint density at radius 2 is 2.12 bits per heavy atom. The second-order valence-electron chi connectivity index (χ2n) is 3.98. The van der Waals surface area contributed by atoms with Crippen molar-refractivity contribution in [2.75, 3.05) is 7.11 Å². The van der Waals surface area contributed by atoms with Crippen molar-refractivity contribution in [3.63, 3.8) is 0 Å². The first-order valence-electron chi connectivity index (χ1n) is 5.45. The fourth-order valence-electron chi connectivity index (χ4n) is 1.54. The van der Waals surface area contributed by atoms with Gasteiger partial charge in [-0.3, -0.25) is 4.79 Å². The molecule has 0 spiro atoms. The quantitative estimate of drug-likeness (QED) is 0.798. The van der Waals surface area contributed by atoms with Crippen molar-refractivity contribution in [1.82, 2.24) is 5.32 Å². The highest BCUT2D eigenvalue weighted by molar-refractivity contribution is 5.85. The highest BCUT2D eigenvalue weighted by Crippen LogP contribution is 2.04. The number of rotatable bonds is 4. The van der Waals surface area contributed by atoms with Crippen LogP contribution in [-0.2, 0) is 20.7 Å². The van der Waals surface area contributed by atoms with Crippen LogP contribution in [0, 0.1) is 6.92 Å². The SMILES string of the molecule is COC(=O)C(C)NC(=O)Cc1cccc(C)c1. The molecule has 0 aliphatic carbocycles. The molecule has 0 aliphatic rings. The number of carbonyl (C=O) groups is 2. The summed E-state index contributed by atoms with van der Waals surface area (Å²) in [4.78, 5) is 22.8. The molecule has 0 heterocycles. The molecule has 0 aromatic heterocycles. The van der Waals surface area contributed by atoms with E-state index in [2.05, 4.69) is 10.1 Å². The lowest BCUT2D eigenvalue weighted by Gasteiger charge is -2.11. The lowest BCUT2D eigenvalue weighted by atomic mass is 10.1. The van der Waals surface area contributed by atoms with Crippen LogP contribution in [0.25, 0.3) is 0 Å². The number of hydrogen-bond donors (Lipinski definition) is 1. The zero-order valence-corrected chi connectivity index (χ0v) is 10.3. The Bertz CT molecular complexity index is 415. The molecule has 1 unspecified atom stereocenters. The van der Waals surface area contributed by atoms with Crippen molar-refractivity contribution >= 4 is 11.9 Å². The van der Waals surface area contributed by atoms with Crippen molar-refractivity contribution in [2.24, 2.45) is 0 Å². The third-order valence-electron chi connectivity index (χ3n) is 2.38. The van der Waals surface area contributed by atoms with Crippen LogP contribution in [0.2, 0.25) is 0 Å². The number of nitrogens with one attached hydrogen (secondary N) is 1. The summed E-state index contributed by atoms with van der Waals surface area (Å²) >= 11 is 0. The second-order valence-corrected chi connectivity index (χ2v) is 3.98. The second kappa shape index (κ2) is 6.03. The smallest absolute Gasteiger partial charge is 0.328 e. The molecule has 4 heteroatoms. The molecule has 1 atom stereocenters. The molecule has 1 N–H and O–H groups in total. The third-order valence-corrected chi connectivity index (χ3v) is 2.38. The first kappa shape index (κ1) is 13.2. The Hall–Kier alpha value is -1.84. The number of esters is 1. The molecule has 0 aliphatic heterocycles. The molecule has 0 fully saturated rings. The van der Waals surface area contributed by atoms with Gasteiger partial charge in [0.1, 0.15) is 6.04 Å².